The summed E-state index contributed by atoms with van der Waals surface area (Å²) < 4.78 is 25.7. The summed E-state index contributed by atoms with van der Waals surface area (Å²) in [5.74, 6) is -2.87. The summed E-state index contributed by atoms with van der Waals surface area (Å²) in [6, 6.07) is 1.29. The Kier molecular flexibility index (Phi) is 3.43. The van der Waals surface area contributed by atoms with Crippen LogP contribution < -0.4 is 0 Å². The van der Waals surface area contributed by atoms with Crippen molar-refractivity contribution in [2.75, 3.05) is 0 Å². The molecule has 0 spiro atoms. The molecule has 0 unspecified atom stereocenters. The normalized spacial score (nSPS) is 11.8. The molecule has 78 valence electrons. The maximum atomic E-state index is 12.9. The predicted molar refractivity (Wildman–Crippen MR) is 52.8 cm³/mol. The Morgan fingerprint density at radius 2 is 2.14 bits per heavy atom. The lowest BCUT2D eigenvalue weighted by molar-refractivity contribution is 0.0171. The van der Waals surface area contributed by atoms with Crippen LogP contribution in [0.3, 0.4) is 0 Å². The van der Waals surface area contributed by atoms with Gasteiger partial charge in [-0.05, 0) is 12.5 Å². The minimum atomic E-state index is -2.87. The molecule has 1 heterocycles. The van der Waals surface area contributed by atoms with Crippen molar-refractivity contribution in [3.05, 3.63) is 28.5 Å². The molecule has 0 aliphatic heterocycles. The van der Waals surface area contributed by atoms with Gasteiger partial charge in [0.2, 0.25) is 0 Å². The molecule has 0 radical (unpaired) electrons. The Labute approximate surface area is 87.1 Å². The van der Waals surface area contributed by atoms with Gasteiger partial charge in [-0.3, -0.25) is 4.98 Å². The van der Waals surface area contributed by atoms with Gasteiger partial charge in [0.15, 0.2) is 0 Å². The number of nitrogens with zero attached hydrogens (tertiary/aromatic N) is 1. The zero-order valence-corrected chi connectivity index (χ0v) is 8.91. The molecule has 4 heteroatoms. The number of aryl methyl sites for hydroxylation is 1. The molecule has 1 nitrogen and oxygen atoms in total. The number of hydrogen-bond donors (Lipinski definition) is 0. The molecule has 0 aliphatic rings. The van der Waals surface area contributed by atoms with E-state index in [2.05, 4.69) is 4.98 Å². The lowest BCUT2D eigenvalue weighted by atomic mass is 10.1. The van der Waals surface area contributed by atoms with E-state index in [0.29, 0.717) is 17.1 Å². The van der Waals surface area contributed by atoms with Crippen molar-refractivity contribution in [1.29, 1.82) is 0 Å². The van der Waals surface area contributed by atoms with Gasteiger partial charge in [-0.15, -0.1) is 0 Å². The first-order valence-corrected chi connectivity index (χ1v) is 4.85. The molecular weight excluding hydrogens is 208 g/mol. The second-order valence-electron chi connectivity index (χ2n) is 3.29. The molecule has 14 heavy (non-hydrogen) atoms. The van der Waals surface area contributed by atoms with Crippen LogP contribution in [0.2, 0.25) is 5.02 Å². The van der Waals surface area contributed by atoms with Gasteiger partial charge in [0.1, 0.15) is 0 Å². The van der Waals surface area contributed by atoms with E-state index < -0.39 is 5.92 Å². The van der Waals surface area contributed by atoms with Crippen LogP contribution in [0.15, 0.2) is 12.3 Å². The maximum Gasteiger partial charge on any atom is 0.272 e. The topological polar surface area (TPSA) is 12.9 Å². The van der Waals surface area contributed by atoms with E-state index in [-0.39, 0.29) is 5.56 Å². The number of halogens is 3. The Morgan fingerprint density at radius 1 is 1.50 bits per heavy atom. The maximum absolute atomic E-state index is 12.9. The van der Waals surface area contributed by atoms with E-state index in [4.69, 9.17) is 11.6 Å². The van der Waals surface area contributed by atoms with Crippen LogP contribution in [0.5, 0.6) is 0 Å². The highest BCUT2D eigenvalue weighted by atomic mass is 35.5. The number of pyridine rings is 1. The van der Waals surface area contributed by atoms with Crippen molar-refractivity contribution >= 4 is 11.6 Å². The molecule has 0 amide bonds. The van der Waals surface area contributed by atoms with Crippen molar-refractivity contribution in [3.63, 3.8) is 0 Å². The zero-order valence-electron chi connectivity index (χ0n) is 8.15. The fourth-order valence-corrected chi connectivity index (χ4v) is 1.39. The Morgan fingerprint density at radius 3 is 2.57 bits per heavy atom. The van der Waals surface area contributed by atoms with Gasteiger partial charge in [-0.1, -0.05) is 24.9 Å². The zero-order chi connectivity index (χ0) is 10.8. The second kappa shape index (κ2) is 4.22. The summed E-state index contributed by atoms with van der Waals surface area (Å²) in [6.07, 6.45) is 2.81. The van der Waals surface area contributed by atoms with Crippen LogP contribution in [0.25, 0.3) is 0 Å². The lowest BCUT2D eigenvalue weighted by Crippen LogP contribution is -2.08. The summed E-state index contributed by atoms with van der Waals surface area (Å²) in [6.45, 7) is 2.82. The first-order chi connectivity index (χ1) is 6.45. The lowest BCUT2D eigenvalue weighted by Gasteiger charge is -2.11. The molecule has 1 aromatic heterocycles. The molecule has 0 bridgehead atoms. The predicted octanol–water partition coefficient (Wildman–Crippen LogP) is 3.80. The molecule has 1 rings (SSSR count). The highest BCUT2D eigenvalue weighted by molar-refractivity contribution is 6.31. The van der Waals surface area contributed by atoms with Gasteiger partial charge in [0, 0.05) is 18.7 Å². The van der Waals surface area contributed by atoms with E-state index in [0.717, 1.165) is 13.3 Å². The Balaban J connectivity index is 3.01. The molecular formula is C10H12ClF2N. The van der Waals surface area contributed by atoms with Crippen LogP contribution in [0.4, 0.5) is 8.78 Å². The summed E-state index contributed by atoms with van der Waals surface area (Å²) >= 11 is 5.82. The number of aromatic nitrogens is 1. The first kappa shape index (κ1) is 11.4. The third-order valence-electron chi connectivity index (χ3n) is 1.91. The van der Waals surface area contributed by atoms with Crippen molar-refractivity contribution < 1.29 is 8.78 Å². The van der Waals surface area contributed by atoms with Gasteiger partial charge in [-0.2, -0.15) is 0 Å². The highest BCUT2D eigenvalue weighted by Crippen LogP contribution is 2.29. The number of alkyl halides is 2. The number of rotatable bonds is 3. The second-order valence-corrected chi connectivity index (χ2v) is 3.70. The van der Waals surface area contributed by atoms with E-state index in [1.165, 1.54) is 12.3 Å². The fraction of sp³-hybridized carbons (Fsp3) is 0.500. The monoisotopic (exact) mass is 219 g/mol. The standard InChI is InChI=1S/C10H12ClF2N/c1-3-4-9-8(11)5-7(6-14-9)10(2,12)13/h5-6H,3-4H2,1-2H3. The minimum absolute atomic E-state index is 0.137. The van der Waals surface area contributed by atoms with Gasteiger partial charge in [-0.25, -0.2) is 8.78 Å². The van der Waals surface area contributed by atoms with Crippen LogP contribution >= 0.6 is 11.6 Å². The minimum Gasteiger partial charge on any atom is -0.259 e. The molecule has 0 atom stereocenters. The molecule has 0 fully saturated rings. The van der Waals surface area contributed by atoms with Gasteiger partial charge in [0.05, 0.1) is 10.7 Å². The summed E-state index contributed by atoms with van der Waals surface area (Å²) in [5.41, 5.74) is 0.546. The van der Waals surface area contributed by atoms with Crippen molar-refractivity contribution in [3.8, 4) is 0 Å². The van der Waals surface area contributed by atoms with E-state index in [1.54, 1.807) is 0 Å². The van der Waals surface area contributed by atoms with Crippen LogP contribution in [-0.2, 0) is 12.3 Å². The molecule has 0 N–H and O–H groups in total. The quantitative estimate of drug-likeness (QED) is 0.754. The first-order valence-electron chi connectivity index (χ1n) is 4.48. The third kappa shape index (κ3) is 2.64. The molecule has 0 saturated carbocycles. The van der Waals surface area contributed by atoms with E-state index in [9.17, 15) is 8.78 Å². The summed E-state index contributed by atoms with van der Waals surface area (Å²) in [7, 11) is 0. The van der Waals surface area contributed by atoms with Crippen molar-refractivity contribution in [1.82, 2.24) is 4.98 Å². The largest absolute Gasteiger partial charge is 0.272 e. The molecule has 0 saturated heterocycles. The van der Waals surface area contributed by atoms with Crippen molar-refractivity contribution in [2.24, 2.45) is 0 Å². The third-order valence-corrected chi connectivity index (χ3v) is 2.24. The molecule has 1 aromatic rings. The molecule has 0 aliphatic carbocycles. The van der Waals surface area contributed by atoms with Gasteiger partial charge in [0.25, 0.3) is 5.92 Å². The highest BCUT2D eigenvalue weighted by Gasteiger charge is 2.25. The Hall–Kier alpha value is -0.700. The Bertz CT molecular complexity index is 320. The van der Waals surface area contributed by atoms with Crippen LogP contribution in [0, 0.1) is 0 Å². The van der Waals surface area contributed by atoms with Gasteiger partial charge >= 0.3 is 0 Å². The smallest absolute Gasteiger partial charge is 0.259 e. The fourth-order valence-electron chi connectivity index (χ4n) is 1.13. The summed E-state index contributed by atoms with van der Waals surface area (Å²) in [5, 5.41) is 0.325. The van der Waals surface area contributed by atoms with Gasteiger partial charge < -0.3 is 0 Å². The number of hydrogen-bond acceptors (Lipinski definition) is 1. The average molecular weight is 220 g/mol. The summed E-state index contributed by atoms with van der Waals surface area (Å²) in [4.78, 5) is 3.92. The van der Waals surface area contributed by atoms with E-state index in [1.807, 2.05) is 6.92 Å². The average Bonchev–Trinajstić information content (AvgIpc) is 2.07. The van der Waals surface area contributed by atoms with Crippen LogP contribution in [0.1, 0.15) is 31.5 Å². The van der Waals surface area contributed by atoms with E-state index >= 15 is 0 Å². The SMILES string of the molecule is CCCc1ncc(C(C)(F)F)cc1Cl. The van der Waals surface area contributed by atoms with Crippen molar-refractivity contribution in [2.45, 2.75) is 32.6 Å². The molecule has 0 aromatic carbocycles. The van der Waals surface area contributed by atoms with Crippen LogP contribution in [-0.4, -0.2) is 4.98 Å².